The van der Waals surface area contributed by atoms with E-state index in [0.29, 0.717) is 5.92 Å². The Bertz CT molecular complexity index is 143. The molecule has 0 fully saturated rings. The summed E-state index contributed by atoms with van der Waals surface area (Å²) in [6.07, 6.45) is 0. The molecular weight excluding hydrogens is 128 g/mol. The highest BCUT2D eigenvalue weighted by Crippen LogP contribution is 2.02. The minimum absolute atomic E-state index is 0.164. The third-order valence-corrected chi connectivity index (χ3v) is 1.60. The van der Waals surface area contributed by atoms with Crippen LogP contribution >= 0.6 is 0 Å². The van der Waals surface area contributed by atoms with Crippen molar-refractivity contribution < 1.29 is 5.11 Å². The summed E-state index contributed by atoms with van der Waals surface area (Å²) in [7, 11) is 0. The van der Waals surface area contributed by atoms with Gasteiger partial charge < -0.3 is 10.4 Å². The number of nitrogens with zero attached hydrogens (tertiary/aromatic N) is 1. The van der Waals surface area contributed by atoms with Crippen molar-refractivity contribution in [1.29, 1.82) is 0 Å². The van der Waals surface area contributed by atoms with Crippen molar-refractivity contribution in [3.05, 3.63) is 0 Å². The number of hydrogen-bond donors (Lipinski definition) is 2. The van der Waals surface area contributed by atoms with Gasteiger partial charge in [-0.2, -0.15) is 0 Å². The highest BCUT2D eigenvalue weighted by Gasteiger charge is 2.17. The van der Waals surface area contributed by atoms with Gasteiger partial charge in [0, 0.05) is 5.92 Å². The van der Waals surface area contributed by atoms with Crippen molar-refractivity contribution >= 4 is 5.84 Å². The molecule has 10 heavy (non-hydrogen) atoms. The number of amidine groups is 1. The zero-order valence-electron chi connectivity index (χ0n) is 6.46. The summed E-state index contributed by atoms with van der Waals surface area (Å²) in [6, 6.07) is 0.164. The molecule has 1 heterocycles. The summed E-state index contributed by atoms with van der Waals surface area (Å²) in [5, 5.41) is 11.9. The molecule has 0 spiro atoms. The Labute approximate surface area is 61.2 Å². The summed E-state index contributed by atoms with van der Waals surface area (Å²) in [5.74, 6) is 1.48. The van der Waals surface area contributed by atoms with E-state index in [1.807, 2.05) is 0 Å². The van der Waals surface area contributed by atoms with Crippen molar-refractivity contribution in [2.45, 2.75) is 19.9 Å². The van der Waals surface area contributed by atoms with Crippen LogP contribution in [0.1, 0.15) is 13.8 Å². The Morgan fingerprint density at radius 2 is 2.50 bits per heavy atom. The van der Waals surface area contributed by atoms with Gasteiger partial charge in [-0.15, -0.1) is 0 Å². The van der Waals surface area contributed by atoms with E-state index >= 15 is 0 Å². The molecule has 1 unspecified atom stereocenters. The van der Waals surface area contributed by atoms with Crippen LogP contribution in [0.2, 0.25) is 0 Å². The molecule has 1 aliphatic rings. The van der Waals surface area contributed by atoms with Gasteiger partial charge >= 0.3 is 0 Å². The van der Waals surface area contributed by atoms with Gasteiger partial charge in [0.25, 0.3) is 0 Å². The normalized spacial score (nSPS) is 24.8. The monoisotopic (exact) mass is 142 g/mol. The molecular formula is C7H14N2O. The molecule has 1 atom stereocenters. The lowest BCUT2D eigenvalue weighted by Crippen LogP contribution is -2.35. The van der Waals surface area contributed by atoms with Crippen LogP contribution in [0.5, 0.6) is 0 Å². The third-order valence-electron chi connectivity index (χ3n) is 1.60. The van der Waals surface area contributed by atoms with Gasteiger partial charge in [-0.25, -0.2) is 0 Å². The molecule has 3 nitrogen and oxygen atoms in total. The molecule has 0 saturated heterocycles. The van der Waals surface area contributed by atoms with Crippen LogP contribution in [0.3, 0.4) is 0 Å². The Hall–Kier alpha value is -0.570. The lowest BCUT2D eigenvalue weighted by molar-refractivity contribution is 0.263. The van der Waals surface area contributed by atoms with Gasteiger partial charge in [0.05, 0.1) is 25.0 Å². The summed E-state index contributed by atoms with van der Waals surface area (Å²) in [5.41, 5.74) is 0. The fourth-order valence-corrected chi connectivity index (χ4v) is 0.962. The minimum atomic E-state index is 0.164. The second kappa shape index (κ2) is 3.01. The number of rotatable bonds is 2. The number of aliphatic imine (C=N–C) groups is 1. The van der Waals surface area contributed by atoms with E-state index in [2.05, 4.69) is 24.2 Å². The molecule has 0 aliphatic carbocycles. The molecule has 58 valence electrons. The summed E-state index contributed by atoms with van der Waals surface area (Å²) in [4.78, 5) is 4.23. The Morgan fingerprint density at radius 1 is 1.80 bits per heavy atom. The summed E-state index contributed by atoms with van der Waals surface area (Å²) >= 11 is 0. The molecule has 0 amide bonds. The van der Waals surface area contributed by atoms with Crippen LogP contribution in [0.4, 0.5) is 0 Å². The van der Waals surface area contributed by atoms with E-state index in [1.54, 1.807) is 0 Å². The first-order valence-electron chi connectivity index (χ1n) is 3.65. The fourth-order valence-electron chi connectivity index (χ4n) is 0.962. The summed E-state index contributed by atoms with van der Waals surface area (Å²) < 4.78 is 0. The van der Waals surface area contributed by atoms with Crippen molar-refractivity contribution in [3.63, 3.8) is 0 Å². The standard InChI is InChI=1S/C7H14N2O/c1-5(2)7-8-3-6(4-10)9-7/h5-6,10H,3-4H2,1-2H3,(H,8,9). The van der Waals surface area contributed by atoms with Crippen molar-refractivity contribution in [2.75, 3.05) is 13.2 Å². The number of nitrogens with one attached hydrogen (secondary N) is 1. The van der Waals surface area contributed by atoms with Gasteiger partial charge in [-0.3, -0.25) is 4.99 Å². The van der Waals surface area contributed by atoms with Crippen LogP contribution in [0, 0.1) is 5.92 Å². The SMILES string of the molecule is CC(C)C1=NCC(CO)N1. The van der Waals surface area contributed by atoms with Crippen LogP contribution in [-0.2, 0) is 0 Å². The Morgan fingerprint density at radius 3 is 2.80 bits per heavy atom. The summed E-state index contributed by atoms with van der Waals surface area (Å²) in [6.45, 7) is 5.08. The second-order valence-electron chi connectivity index (χ2n) is 2.90. The van der Waals surface area contributed by atoms with Gasteiger partial charge in [0.1, 0.15) is 0 Å². The number of aliphatic hydroxyl groups excluding tert-OH is 1. The smallest absolute Gasteiger partial charge is 0.0993 e. The second-order valence-corrected chi connectivity index (χ2v) is 2.90. The van der Waals surface area contributed by atoms with Crippen LogP contribution in [0.25, 0.3) is 0 Å². The predicted octanol–water partition coefficient (Wildman–Crippen LogP) is 0.00500. The Kier molecular flexibility index (Phi) is 2.27. The van der Waals surface area contributed by atoms with E-state index in [4.69, 9.17) is 5.11 Å². The predicted molar refractivity (Wildman–Crippen MR) is 41.1 cm³/mol. The van der Waals surface area contributed by atoms with E-state index in [1.165, 1.54) is 0 Å². The lowest BCUT2D eigenvalue weighted by Gasteiger charge is -2.09. The first-order chi connectivity index (χ1) is 4.74. The molecule has 2 N–H and O–H groups in total. The first-order valence-corrected chi connectivity index (χ1v) is 3.65. The van der Waals surface area contributed by atoms with Crippen LogP contribution < -0.4 is 5.32 Å². The van der Waals surface area contributed by atoms with Crippen molar-refractivity contribution in [2.24, 2.45) is 10.9 Å². The molecule has 1 rings (SSSR count). The van der Waals surface area contributed by atoms with E-state index in [9.17, 15) is 0 Å². The molecule has 0 aromatic heterocycles. The van der Waals surface area contributed by atoms with Crippen molar-refractivity contribution in [1.82, 2.24) is 5.32 Å². The highest BCUT2D eigenvalue weighted by atomic mass is 16.3. The fraction of sp³-hybridized carbons (Fsp3) is 0.857. The third kappa shape index (κ3) is 1.48. The highest BCUT2D eigenvalue weighted by molar-refractivity contribution is 5.85. The molecule has 0 bridgehead atoms. The minimum Gasteiger partial charge on any atom is -0.394 e. The van der Waals surface area contributed by atoms with Gasteiger partial charge in [-0.1, -0.05) is 13.8 Å². The van der Waals surface area contributed by atoms with Crippen molar-refractivity contribution in [3.8, 4) is 0 Å². The van der Waals surface area contributed by atoms with E-state index in [-0.39, 0.29) is 12.6 Å². The zero-order chi connectivity index (χ0) is 7.56. The number of hydrogen-bond acceptors (Lipinski definition) is 3. The van der Waals surface area contributed by atoms with Gasteiger partial charge in [0.15, 0.2) is 0 Å². The average molecular weight is 142 g/mol. The first kappa shape index (κ1) is 7.54. The Balaban J connectivity index is 2.39. The zero-order valence-corrected chi connectivity index (χ0v) is 6.46. The largest absolute Gasteiger partial charge is 0.394 e. The van der Waals surface area contributed by atoms with Gasteiger partial charge in [-0.05, 0) is 0 Å². The topological polar surface area (TPSA) is 44.6 Å². The molecule has 0 saturated carbocycles. The number of aliphatic hydroxyl groups is 1. The van der Waals surface area contributed by atoms with Gasteiger partial charge in [0.2, 0.25) is 0 Å². The van der Waals surface area contributed by atoms with Crippen LogP contribution in [-0.4, -0.2) is 30.1 Å². The van der Waals surface area contributed by atoms with E-state index in [0.717, 1.165) is 12.4 Å². The maximum absolute atomic E-state index is 8.73. The molecule has 1 aliphatic heterocycles. The van der Waals surface area contributed by atoms with Crippen LogP contribution in [0.15, 0.2) is 4.99 Å². The maximum Gasteiger partial charge on any atom is 0.0993 e. The molecule has 0 radical (unpaired) electrons. The average Bonchev–Trinajstić information content (AvgIpc) is 2.34. The maximum atomic E-state index is 8.73. The molecule has 3 heteroatoms. The quantitative estimate of drug-likeness (QED) is 0.570. The molecule has 0 aromatic carbocycles. The van der Waals surface area contributed by atoms with E-state index < -0.39 is 0 Å². The lowest BCUT2D eigenvalue weighted by atomic mass is 10.2. The molecule has 0 aromatic rings.